The fourth-order valence-electron chi connectivity index (χ4n) is 3.59. The summed E-state index contributed by atoms with van der Waals surface area (Å²) in [7, 11) is 0. The van der Waals surface area contributed by atoms with Crippen LogP contribution in [0.15, 0.2) is 0 Å². The minimum Gasteiger partial charge on any atom is -0.309 e. The summed E-state index contributed by atoms with van der Waals surface area (Å²) < 4.78 is 0. The van der Waals surface area contributed by atoms with Gasteiger partial charge >= 0.3 is 0 Å². The molecule has 1 aromatic heterocycles. The van der Waals surface area contributed by atoms with Crippen LogP contribution in [-0.2, 0) is 19.4 Å². The van der Waals surface area contributed by atoms with Crippen molar-refractivity contribution in [2.24, 2.45) is 0 Å². The molecular weight excluding hydrogens is 278 g/mol. The fraction of sp³-hybridized carbons (Fsp3) is 0.824. The Morgan fingerprint density at radius 3 is 2.67 bits per heavy atom. The molecule has 1 aliphatic carbocycles. The molecule has 2 heterocycles. The average molecular weight is 308 g/mol. The minimum atomic E-state index is 0.754. The lowest BCUT2D eigenvalue weighted by Gasteiger charge is -2.12. The van der Waals surface area contributed by atoms with Gasteiger partial charge < -0.3 is 10.2 Å². The summed E-state index contributed by atoms with van der Waals surface area (Å²) in [6.07, 6.45) is 10.5. The molecule has 1 saturated heterocycles. The summed E-state index contributed by atoms with van der Waals surface area (Å²) in [5.74, 6) is 0. The van der Waals surface area contributed by atoms with E-state index >= 15 is 0 Å². The molecule has 0 aromatic carbocycles. The van der Waals surface area contributed by atoms with Crippen LogP contribution in [0.2, 0.25) is 0 Å². The summed E-state index contributed by atoms with van der Waals surface area (Å²) in [4.78, 5) is 8.96. The molecule has 0 atom stereocenters. The van der Waals surface area contributed by atoms with E-state index in [4.69, 9.17) is 4.98 Å². The molecular formula is C17H29N3S. The number of likely N-dealkylation sites (tertiary alicyclic amines) is 1. The van der Waals surface area contributed by atoms with Crippen molar-refractivity contribution in [2.45, 2.75) is 70.9 Å². The summed E-state index contributed by atoms with van der Waals surface area (Å²) >= 11 is 1.95. The summed E-state index contributed by atoms with van der Waals surface area (Å²) in [5.41, 5.74) is 1.34. The first-order chi connectivity index (χ1) is 10.3. The van der Waals surface area contributed by atoms with Gasteiger partial charge in [-0.3, -0.25) is 0 Å². The van der Waals surface area contributed by atoms with Crippen molar-refractivity contribution in [1.82, 2.24) is 15.2 Å². The molecule has 0 bridgehead atoms. The number of nitrogens with one attached hydrogen (secondary N) is 1. The van der Waals surface area contributed by atoms with E-state index in [-0.39, 0.29) is 0 Å². The van der Waals surface area contributed by atoms with Crippen molar-refractivity contribution >= 4 is 11.3 Å². The quantitative estimate of drug-likeness (QED) is 0.837. The van der Waals surface area contributed by atoms with Crippen molar-refractivity contribution in [2.75, 3.05) is 19.6 Å². The highest BCUT2D eigenvalue weighted by atomic mass is 32.1. The Kier molecular flexibility index (Phi) is 5.67. The Morgan fingerprint density at radius 1 is 1.19 bits per heavy atom. The Balaban J connectivity index is 1.52. The second-order valence-corrected chi connectivity index (χ2v) is 7.66. The Hall–Kier alpha value is -0.450. The van der Waals surface area contributed by atoms with E-state index in [0.717, 1.165) is 25.4 Å². The van der Waals surface area contributed by atoms with Gasteiger partial charge in [-0.1, -0.05) is 19.8 Å². The zero-order valence-electron chi connectivity index (χ0n) is 13.4. The predicted octanol–water partition coefficient (Wildman–Crippen LogP) is 3.38. The number of rotatable bonds is 7. The lowest BCUT2D eigenvalue weighted by atomic mass is 10.2. The SMILES string of the molecule is CCc1nc(CCN2CCCC2)sc1CNC1CCCC1. The number of thiazole rings is 1. The van der Waals surface area contributed by atoms with Gasteiger partial charge in [0.15, 0.2) is 0 Å². The standard InChI is InChI=1S/C17H29N3S/c1-2-15-16(13-18-14-7-3-4-8-14)21-17(19-15)9-12-20-10-5-6-11-20/h14,18H,2-13H2,1H3. The third-order valence-corrected chi connectivity index (χ3v) is 6.06. The third-order valence-electron chi connectivity index (χ3n) is 4.90. The summed E-state index contributed by atoms with van der Waals surface area (Å²) in [5, 5.41) is 5.09. The van der Waals surface area contributed by atoms with Crippen LogP contribution in [0.4, 0.5) is 0 Å². The summed E-state index contributed by atoms with van der Waals surface area (Å²) in [6.45, 7) is 7.06. The number of nitrogens with zero attached hydrogens (tertiary/aromatic N) is 2. The molecule has 4 heteroatoms. The number of aromatic nitrogens is 1. The van der Waals surface area contributed by atoms with Gasteiger partial charge in [0, 0.05) is 30.4 Å². The Labute approximate surface area is 133 Å². The van der Waals surface area contributed by atoms with Crippen LogP contribution in [0.5, 0.6) is 0 Å². The van der Waals surface area contributed by atoms with Crippen LogP contribution in [0, 0.1) is 0 Å². The first-order valence-corrected chi connectivity index (χ1v) is 9.60. The highest BCUT2D eigenvalue weighted by Crippen LogP contribution is 2.23. The van der Waals surface area contributed by atoms with Crippen molar-refractivity contribution in [1.29, 1.82) is 0 Å². The molecule has 3 nitrogen and oxygen atoms in total. The molecule has 1 aliphatic heterocycles. The highest BCUT2D eigenvalue weighted by Gasteiger charge is 2.17. The van der Waals surface area contributed by atoms with Gasteiger partial charge in [0.05, 0.1) is 10.7 Å². The largest absolute Gasteiger partial charge is 0.309 e. The van der Waals surface area contributed by atoms with Crippen LogP contribution in [0.1, 0.15) is 61.0 Å². The molecule has 0 spiro atoms. The van der Waals surface area contributed by atoms with Gasteiger partial charge in [-0.05, 0) is 45.2 Å². The maximum absolute atomic E-state index is 4.89. The zero-order valence-corrected chi connectivity index (χ0v) is 14.2. The first kappa shape index (κ1) is 15.4. The van der Waals surface area contributed by atoms with Gasteiger partial charge in [-0.25, -0.2) is 4.98 Å². The number of aryl methyl sites for hydroxylation is 1. The van der Waals surface area contributed by atoms with E-state index in [9.17, 15) is 0 Å². The lowest BCUT2D eigenvalue weighted by molar-refractivity contribution is 0.343. The highest BCUT2D eigenvalue weighted by molar-refractivity contribution is 7.11. The molecule has 1 N–H and O–H groups in total. The van der Waals surface area contributed by atoms with Gasteiger partial charge in [0.2, 0.25) is 0 Å². The van der Waals surface area contributed by atoms with Crippen LogP contribution in [0.3, 0.4) is 0 Å². The second-order valence-electron chi connectivity index (χ2n) is 6.49. The first-order valence-electron chi connectivity index (χ1n) is 8.78. The van der Waals surface area contributed by atoms with Crippen LogP contribution in [-0.4, -0.2) is 35.6 Å². The van der Waals surface area contributed by atoms with Crippen LogP contribution >= 0.6 is 11.3 Å². The molecule has 0 unspecified atom stereocenters. The van der Waals surface area contributed by atoms with E-state index in [1.54, 1.807) is 0 Å². The van der Waals surface area contributed by atoms with Crippen LogP contribution < -0.4 is 5.32 Å². The molecule has 2 aliphatic rings. The molecule has 3 rings (SSSR count). The van der Waals surface area contributed by atoms with Gasteiger partial charge in [0.1, 0.15) is 0 Å². The zero-order chi connectivity index (χ0) is 14.5. The predicted molar refractivity (Wildman–Crippen MR) is 90.0 cm³/mol. The maximum atomic E-state index is 4.89. The molecule has 118 valence electrons. The topological polar surface area (TPSA) is 28.2 Å². The molecule has 0 amide bonds. The maximum Gasteiger partial charge on any atom is 0.0944 e. The molecule has 2 fully saturated rings. The molecule has 21 heavy (non-hydrogen) atoms. The van der Waals surface area contributed by atoms with Gasteiger partial charge in [-0.2, -0.15) is 0 Å². The van der Waals surface area contributed by atoms with E-state index in [2.05, 4.69) is 17.1 Å². The van der Waals surface area contributed by atoms with Crippen LogP contribution in [0.25, 0.3) is 0 Å². The average Bonchev–Trinajstić information content (AvgIpc) is 3.23. The minimum absolute atomic E-state index is 0.754. The third kappa shape index (κ3) is 4.27. The lowest BCUT2D eigenvalue weighted by Crippen LogP contribution is -2.25. The van der Waals surface area contributed by atoms with Crippen molar-refractivity contribution in [3.63, 3.8) is 0 Å². The monoisotopic (exact) mass is 307 g/mol. The fourth-order valence-corrected chi connectivity index (χ4v) is 4.68. The number of hydrogen-bond acceptors (Lipinski definition) is 4. The smallest absolute Gasteiger partial charge is 0.0944 e. The van der Waals surface area contributed by atoms with E-state index in [1.165, 1.54) is 73.7 Å². The molecule has 1 aromatic rings. The second kappa shape index (κ2) is 7.70. The number of hydrogen-bond donors (Lipinski definition) is 1. The Morgan fingerprint density at radius 2 is 1.95 bits per heavy atom. The molecule has 0 radical (unpaired) electrons. The molecule has 1 saturated carbocycles. The van der Waals surface area contributed by atoms with E-state index < -0.39 is 0 Å². The Bertz CT molecular complexity index is 431. The van der Waals surface area contributed by atoms with Crippen molar-refractivity contribution in [3.8, 4) is 0 Å². The van der Waals surface area contributed by atoms with Crippen molar-refractivity contribution in [3.05, 3.63) is 15.6 Å². The van der Waals surface area contributed by atoms with Gasteiger partial charge in [-0.15, -0.1) is 11.3 Å². The summed E-state index contributed by atoms with van der Waals surface area (Å²) in [6, 6.07) is 0.754. The van der Waals surface area contributed by atoms with E-state index in [1.807, 2.05) is 11.3 Å². The van der Waals surface area contributed by atoms with Gasteiger partial charge in [0.25, 0.3) is 0 Å². The van der Waals surface area contributed by atoms with E-state index in [0.29, 0.717) is 0 Å². The van der Waals surface area contributed by atoms with Crippen molar-refractivity contribution < 1.29 is 0 Å². The normalized spacial score (nSPS) is 20.6.